The highest BCUT2D eigenvalue weighted by molar-refractivity contribution is 5.99. The number of esters is 1. The Hall–Kier alpha value is -2.89. The summed E-state index contributed by atoms with van der Waals surface area (Å²) in [7, 11) is 0. The zero-order valence-electron chi connectivity index (χ0n) is 13.7. The van der Waals surface area contributed by atoms with Crippen LogP contribution in [0.1, 0.15) is 24.2 Å². The number of carbonyl (C=O) groups excluding carboxylic acids is 3. The van der Waals surface area contributed by atoms with Crippen LogP contribution >= 0.6 is 0 Å². The summed E-state index contributed by atoms with van der Waals surface area (Å²) in [5.41, 5.74) is 0.457. The Kier molecular flexibility index (Phi) is 5.89. The van der Waals surface area contributed by atoms with Crippen LogP contribution in [0.3, 0.4) is 0 Å². The standard InChI is InChI=1S/C18H20N2O4/c1-12(2)20-16(21)11-24-17(22)10-19-18(23)15-8-7-13-5-3-4-6-14(13)9-15/h3-9,12H,10-11H2,1-2H3,(H,19,23)(H,20,21). The molecule has 2 aromatic rings. The minimum atomic E-state index is -0.664. The Labute approximate surface area is 140 Å². The molecule has 0 atom stereocenters. The van der Waals surface area contributed by atoms with Crippen LogP contribution in [0.2, 0.25) is 0 Å². The SMILES string of the molecule is CC(C)NC(=O)COC(=O)CNC(=O)c1ccc2ccccc2c1. The average Bonchev–Trinajstić information content (AvgIpc) is 2.56. The molecule has 0 aromatic heterocycles. The molecule has 2 aromatic carbocycles. The first-order valence-corrected chi connectivity index (χ1v) is 7.67. The molecule has 0 heterocycles. The van der Waals surface area contributed by atoms with E-state index < -0.39 is 5.97 Å². The Balaban J connectivity index is 1.83. The van der Waals surface area contributed by atoms with E-state index in [1.165, 1.54) is 0 Å². The fourth-order valence-electron chi connectivity index (χ4n) is 2.15. The van der Waals surface area contributed by atoms with E-state index in [9.17, 15) is 14.4 Å². The minimum Gasteiger partial charge on any atom is -0.454 e. The van der Waals surface area contributed by atoms with Crippen molar-refractivity contribution in [3.63, 3.8) is 0 Å². The van der Waals surface area contributed by atoms with E-state index in [0.29, 0.717) is 5.56 Å². The van der Waals surface area contributed by atoms with Crippen molar-refractivity contribution in [2.24, 2.45) is 0 Å². The number of ether oxygens (including phenoxy) is 1. The van der Waals surface area contributed by atoms with Crippen molar-refractivity contribution in [1.82, 2.24) is 10.6 Å². The monoisotopic (exact) mass is 328 g/mol. The van der Waals surface area contributed by atoms with Gasteiger partial charge in [-0.05, 0) is 36.8 Å². The topological polar surface area (TPSA) is 84.5 Å². The van der Waals surface area contributed by atoms with Gasteiger partial charge in [-0.1, -0.05) is 30.3 Å². The lowest BCUT2D eigenvalue weighted by Crippen LogP contribution is -2.36. The molecule has 0 aliphatic carbocycles. The fraction of sp³-hybridized carbons (Fsp3) is 0.278. The van der Waals surface area contributed by atoms with E-state index in [0.717, 1.165) is 10.8 Å². The molecule has 0 radical (unpaired) electrons. The maximum Gasteiger partial charge on any atom is 0.325 e. The summed E-state index contributed by atoms with van der Waals surface area (Å²) in [6.07, 6.45) is 0. The molecule has 126 valence electrons. The molecule has 0 fully saturated rings. The van der Waals surface area contributed by atoms with Crippen molar-refractivity contribution in [3.05, 3.63) is 48.0 Å². The van der Waals surface area contributed by atoms with Gasteiger partial charge in [0, 0.05) is 11.6 Å². The highest BCUT2D eigenvalue weighted by Crippen LogP contribution is 2.15. The van der Waals surface area contributed by atoms with Crippen molar-refractivity contribution >= 4 is 28.6 Å². The van der Waals surface area contributed by atoms with Gasteiger partial charge in [-0.3, -0.25) is 14.4 Å². The van der Waals surface area contributed by atoms with Gasteiger partial charge in [-0.15, -0.1) is 0 Å². The van der Waals surface area contributed by atoms with Crippen molar-refractivity contribution in [2.45, 2.75) is 19.9 Å². The van der Waals surface area contributed by atoms with Crippen molar-refractivity contribution in [1.29, 1.82) is 0 Å². The molecule has 0 aliphatic rings. The summed E-state index contributed by atoms with van der Waals surface area (Å²) in [6, 6.07) is 13.0. The number of hydrogen-bond donors (Lipinski definition) is 2. The second-order valence-corrected chi connectivity index (χ2v) is 5.63. The van der Waals surface area contributed by atoms with Crippen LogP contribution < -0.4 is 10.6 Å². The number of nitrogens with one attached hydrogen (secondary N) is 2. The second-order valence-electron chi connectivity index (χ2n) is 5.63. The Morgan fingerprint density at radius 3 is 2.46 bits per heavy atom. The normalized spacial score (nSPS) is 10.5. The lowest BCUT2D eigenvalue weighted by atomic mass is 10.1. The lowest BCUT2D eigenvalue weighted by molar-refractivity contribution is -0.147. The summed E-state index contributed by atoms with van der Waals surface area (Å²) in [5, 5.41) is 7.06. The van der Waals surface area contributed by atoms with Gasteiger partial charge < -0.3 is 15.4 Å². The predicted molar refractivity (Wildman–Crippen MR) is 90.5 cm³/mol. The van der Waals surface area contributed by atoms with Crippen LogP contribution in [-0.2, 0) is 14.3 Å². The molecule has 0 aliphatic heterocycles. The third-order valence-electron chi connectivity index (χ3n) is 3.22. The molecule has 2 rings (SSSR count). The number of amides is 2. The first-order valence-electron chi connectivity index (χ1n) is 7.67. The molecule has 0 saturated carbocycles. The van der Waals surface area contributed by atoms with E-state index in [1.807, 2.05) is 44.2 Å². The van der Waals surface area contributed by atoms with Gasteiger partial charge in [-0.25, -0.2) is 0 Å². The number of fused-ring (bicyclic) bond motifs is 1. The first kappa shape index (κ1) is 17.5. The summed E-state index contributed by atoms with van der Waals surface area (Å²) in [4.78, 5) is 35.0. The van der Waals surface area contributed by atoms with Gasteiger partial charge in [0.2, 0.25) is 0 Å². The van der Waals surface area contributed by atoms with Gasteiger partial charge in [0.15, 0.2) is 6.61 Å². The number of hydrogen-bond acceptors (Lipinski definition) is 4. The quantitative estimate of drug-likeness (QED) is 0.790. The maximum atomic E-state index is 12.1. The molecule has 0 saturated heterocycles. The van der Waals surface area contributed by atoms with E-state index in [2.05, 4.69) is 10.6 Å². The molecule has 2 amide bonds. The van der Waals surface area contributed by atoms with Gasteiger partial charge >= 0.3 is 5.97 Å². The van der Waals surface area contributed by atoms with Crippen molar-refractivity contribution < 1.29 is 19.1 Å². The lowest BCUT2D eigenvalue weighted by Gasteiger charge is -2.09. The fourth-order valence-corrected chi connectivity index (χ4v) is 2.15. The molecule has 24 heavy (non-hydrogen) atoms. The third kappa shape index (κ3) is 5.08. The predicted octanol–water partition coefficient (Wildman–Crippen LogP) is 1.64. The Morgan fingerprint density at radius 1 is 1.04 bits per heavy atom. The van der Waals surface area contributed by atoms with Gasteiger partial charge in [0.25, 0.3) is 11.8 Å². The van der Waals surface area contributed by atoms with Gasteiger partial charge in [-0.2, -0.15) is 0 Å². The summed E-state index contributed by atoms with van der Waals surface area (Å²) >= 11 is 0. The largest absolute Gasteiger partial charge is 0.454 e. The highest BCUT2D eigenvalue weighted by Gasteiger charge is 2.11. The molecule has 0 bridgehead atoms. The molecule has 6 nitrogen and oxygen atoms in total. The maximum absolute atomic E-state index is 12.1. The van der Waals surface area contributed by atoms with E-state index in [-0.39, 0.29) is 31.0 Å². The summed E-state index contributed by atoms with van der Waals surface area (Å²) in [5.74, 6) is -1.41. The third-order valence-corrected chi connectivity index (χ3v) is 3.22. The van der Waals surface area contributed by atoms with Gasteiger partial charge in [0.1, 0.15) is 6.54 Å². The summed E-state index contributed by atoms with van der Waals surface area (Å²) in [6.45, 7) is 2.97. The zero-order chi connectivity index (χ0) is 17.5. The number of carbonyl (C=O) groups is 3. The Morgan fingerprint density at radius 2 is 1.75 bits per heavy atom. The molecular weight excluding hydrogens is 308 g/mol. The number of rotatable bonds is 6. The molecule has 0 spiro atoms. The molecular formula is C18H20N2O4. The van der Waals surface area contributed by atoms with Crippen LogP contribution in [0.5, 0.6) is 0 Å². The summed E-state index contributed by atoms with van der Waals surface area (Å²) < 4.78 is 4.80. The van der Waals surface area contributed by atoms with Crippen LogP contribution in [0.25, 0.3) is 10.8 Å². The van der Waals surface area contributed by atoms with Crippen molar-refractivity contribution in [2.75, 3.05) is 13.2 Å². The smallest absolute Gasteiger partial charge is 0.325 e. The minimum absolute atomic E-state index is 0.0243. The van der Waals surface area contributed by atoms with E-state index in [4.69, 9.17) is 4.74 Å². The van der Waals surface area contributed by atoms with E-state index >= 15 is 0 Å². The second kappa shape index (κ2) is 8.10. The average molecular weight is 328 g/mol. The molecule has 2 N–H and O–H groups in total. The number of benzene rings is 2. The molecule has 0 unspecified atom stereocenters. The highest BCUT2D eigenvalue weighted by atomic mass is 16.5. The van der Waals surface area contributed by atoms with Gasteiger partial charge in [0.05, 0.1) is 0 Å². The Bertz CT molecular complexity index is 756. The van der Waals surface area contributed by atoms with Crippen LogP contribution in [0, 0.1) is 0 Å². The van der Waals surface area contributed by atoms with Crippen LogP contribution in [-0.4, -0.2) is 37.0 Å². The van der Waals surface area contributed by atoms with Crippen LogP contribution in [0.4, 0.5) is 0 Å². The first-order chi connectivity index (χ1) is 11.5. The van der Waals surface area contributed by atoms with Crippen molar-refractivity contribution in [3.8, 4) is 0 Å². The molecule has 6 heteroatoms. The van der Waals surface area contributed by atoms with Crippen LogP contribution in [0.15, 0.2) is 42.5 Å². The van der Waals surface area contributed by atoms with E-state index in [1.54, 1.807) is 12.1 Å². The zero-order valence-corrected chi connectivity index (χ0v) is 13.7.